The zero-order chi connectivity index (χ0) is 11.6. The summed E-state index contributed by atoms with van der Waals surface area (Å²) in [7, 11) is 0. The monoisotopic (exact) mass is 229 g/mol. The van der Waals surface area contributed by atoms with E-state index >= 15 is 0 Å². The number of ether oxygens (including phenoxy) is 1. The zero-order valence-corrected chi connectivity index (χ0v) is 9.10. The van der Waals surface area contributed by atoms with Crippen molar-refractivity contribution in [3.63, 3.8) is 0 Å². The van der Waals surface area contributed by atoms with Crippen molar-refractivity contribution in [1.82, 2.24) is 0 Å². The molecule has 86 valence electrons. The number of fused-ring (bicyclic) bond motifs is 4. The van der Waals surface area contributed by atoms with Crippen molar-refractivity contribution in [2.45, 2.75) is 24.4 Å². The summed E-state index contributed by atoms with van der Waals surface area (Å²) >= 11 is 0. The molecule has 4 heteroatoms. The van der Waals surface area contributed by atoms with Gasteiger partial charge in [-0.1, -0.05) is 18.2 Å². The molecule has 1 aliphatic carbocycles. The van der Waals surface area contributed by atoms with Crippen molar-refractivity contribution in [3.05, 3.63) is 29.8 Å². The number of anilines is 1. The molecule has 2 aliphatic heterocycles. The van der Waals surface area contributed by atoms with Crippen LogP contribution < -0.4 is 5.32 Å². The Morgan fingerprint density at radius 1 is 1.29 bits per heavy atom. The molecule has 1 aromatic rings. The third kappa shape index (κ3) is 0.983. The Bertz CT molecular complexity index is 543. The summed E-state index contributed by atoms with van der Waals surface area (Å²) in [4.78, 5) is 23.0. The second kappa shape index (κ2) is 2.70. The molecule has 1 aromatic carbocycles. The van der Waals surface area contributed by atoms with Gasteiger partial charge in [0.1, 0.15) is 5.60 Å². The molecule has 17 heavy (non-hydrogen) atoms. The first-order valence-corrected chi connectivity index (χ1v) is 5.81. The van der Waals surface area contributed by atoms with Crippen molar-refractivity contribution in [2.24, 2.45) is 5.92 Å². The van der Waals surface area contributed by atoms with Gasteiger partial charge in [-0.3, -0.25) is 9.59 Å². The van der Waals surface area contributed by atoms with E-state index in [-0.39, 0.29) is 23.7 Å². The number of carbonyl (C=O) groups excluding carboxylic acids is 2. The van der Waals surface area contributed by atoms with Crippen LogP contribution in [0.3, 0.4) is 0 Å². The Hall–Kier alpha value is -1.84. The third-order valence-electron chi connectivity index (χ3n) is 4.20. The van der Waals surface area contributed by atoms with Gasteiger partial charge in [-0.25, -0.2) is 0 Å². The smallest absolute Gasteiger partial charge is 0.310 e. The van der Waals surface area contributed by atoms with Crippen LogP contribution in [0.25, 0.3) is 0 Å². The lowest BCUT2D eigenvalue weighted by Gasteiger charge is -2.58. The Kier molecular flexibility index (Phi) is 1.46. The lowest BCUT2D eigenvalue weighted by atomic mass is 9.54. The lowest BCUT2D eigenvalue weighted by Crippen LogP contribution is -2.67. The average Bonchev–Trinajstić information content (AvgIpc) is 2.22. The molecule has 1 saturated heterocycles. The van der Waals surface area contributed by atoms with E-state index in [4.69, 9.17) is 4.74 Å². The van der Waals surface area contributed by atoms with Gasteiger partial charge in [0.25, 0.3) is 0 Å². The van der Waals surface area contributed by atoms with Crippen LogP contribution in [0, 0.1) is 5.92 Å². The number of hydrogen-bond donors (Lipinski definition) is 1. The number of hydrogen-bond acceptors (Lipinski definition) is 3. The summed E-state index contributed by atoms with van der Waals surface area (Å²) in [5.41, 5.74) is 1.59. The maximum Gasteiger partial charge on any atom is 0.310 e. The molecule has 1 saturated carbocycles. The maximum absolute atomic E-state index is 12.0. The molecule has 1 amide bonds. The number of nitrogens with one attached hydrogen (secondary N) is 1. The van der Waals surface area contributed by atoms with Gasteiger partial charge >= 0.3 is 5.97 Å². The lowest BCUT2D eigenvalue weighted by molar-refractivity contribution is -0.228. The maximum atomic E-state index is 12.0. The quantitative estimate of drug-likeness (QED) is 0.685. The molecule has 1 N–H and O–H groups in total. The molecule has 0 aromatic heterocycles. The van der Waals surface area contributed by atoms with Crippen molar-refractivity contribution in [2.75, 3.05) is 5.32 Å². The van der Waals surface area contributed by atoms with Crippen LogP contribution in [0.2, 0.25) is 0 Å². The fourth-order valence-corrected chi connectivity index (χ4v) is 3.43. The largest absolute Gasteiger partial charge is 0.457 e. The second-order valence-electron chi connectivity index (χ2n) is 5.08. The molecule has 3 aliphatic rings. The summed E-state index contributed by atoms with van der Waals surface area (Å²) in [5, 5.41) is 2.90. The van der Waals surface area contributed by atoms with Gasteiger partial charge in [-0.05, 0) is 18.1 Å². The Balaban J connectivity index is 1.74. The van der Waals surface area contributed by atoms with Gasteiger partial charge in [0.05, 0.1) is 12.3 Å². The summed E-state index contributed by atoms with van der Waals surface area (Å²) in [6, 6.07) is 7.85. The van der Waals surface area contributed by atoms with Crippen LogP contribution in [0.1, 0.15) is 24.3 Å². The normalized spacial score (nSPS) is 37.2. The van der Waals surface area contributed by atoms with Crippen LogP contribution in [0.5, 0.6) is 0 Å². The van der Waals surface area contributed by atoms with Gasteiger partial charge < -0.3 is 10.1 Å². The Morgan fingerprint density at radius 3 is 2.82 bits per heavy atom. The van der Waals surface area contributed by atoms with E-state index in [1.165, 1.54) is 5.56 Å². The summed E-state index contributed by atoms with van der Waals surface area (Å²) in [6.07, 6.45) is 1.18. The highest BCUT2D eigenvalue weighted by atomic mass is 16.6. The number of amides is 1. The Morgan fingerprint density at radius 2 is 2.06 bits per heavy atom. The third-order valence-corrected chi connectivity index (χ3v) is 4.20. The van der Waals surface area contributed by atoms with Crippen LogP contribution >= 0.6 is 0 Å². The van der Waals surface area contributed by atoms with Gasteiger partial charge in [-0.2, -0.15) is 0 Å². The molecule has 1 spiro atoms. The molecule has 2 fully saturated rings. The van der Waals surface area contributed by atoms with E-state index in [1.807, 2.05) is 24.3 Å². The van der Waals surface area contributed by atoms with Crippen molar-refractivity contribution >= 4 is 17.6 Å². The van der Waals surface area contributed by atoms with E-state index in [2.05, 4.69) is 5.32 Å². The number of carbonyl (C=O) groups is 2. The summed E-state index contributed by atoms with van der Waals surface area (Å²) < 4.78 is 5.22. The minimum absolute atomic E-state index is 0.00699. The zero-order valence-electron chi connectivity index (χ0n) is 9.10. The molecule has 0 unspecified atom stereocenters. The van der Waals surface area contributed by atoms with Crippen LogP contribution in [0.4, 0.5) is 5.69 Å². The fraction of sp³-hybridized carbons (Fsp3) is 0.385. The van der Waals surface area contributed by atoms with E-state index in [0.717, 1.165) is 12.1 Å². The molecule has 2 heterocycles. The molecular formula is C13H11NO3. The molecule has 0 bridgehead atoms. The number of esters is 1. The number of para-hydroxylation sites is 1. The summed E-state index contributed by atoms with van der Waals surface area (Å²) in [6.45, 7) is 0. The first-order chi connectivity index (χ1) is 8.20. The number of benzene rings is 1. The Labute approximate surface area is 98.0 Å². The van der Waals surface area contributed by atoms with Crippen molar-refractivity contribution in [1.29, 1.82) is 0 Å². The molecule has 0 radical (unpaired) electrons. The first kappa shape index (κ1) is 9.22. The fourth-order valence-electron chi connectivity index (χ4n) is 3.43. The first-order valence-electron chi connectivity index (χ1n) is 5.81. The van der Waals surface area contributed by atoms with Gasteiger partial charge in [0, 0.05) is 11.6 Å². The predicted octanol–water partition coefficient (Wildman–Crippen LogP) is 1.43. The predicted molar refractivity (Wildman–Crippen MR) is 59.4 cm³/mol. The van der Waals surface area contributed by atoms with Gasteiger partial charge in [0.15, 0.2) is 0 Å². The van der Waals surface area contributed by atoms with Crippen molar-refractivity contribution < 1.29 is 14.3 Å². The van der Waals surface area contributed by atoms with E-state index in [0.29, 0.717) is 6.42 Å². The van der Waals surface area contributed by atoms with Gasteiger partial charge in [0.2, 0.25) is 5.91 Å². The topological polar surface area (TPSA) is 55.4 Å². The minimum atomic E-state index is -0.487. The van der Waals surface area contributed by atoms with Crippen LogP contribution in [-0.4, -0.2) is 17.5 Å². The van der Waals surface area contributed by atoms with E-state index < -0.39 is 5.60 Å². The number of rotatable bonds is 0. The highest BCUT2D eigenvalue weighted by molar-refractivity contribution is 6.00. The van der Waals surface area contributed by atoms with E-state index in [9.17, 15) is 9.59 Å². The minimum Gasteiger partial charge on any atom is -0.457 e. The van der Waals surface area contributed by atoms with Crippen molar-refractivity contribution in [3.8, 4) is 0 Å². The molecular weight excluding hydrogens is 218 g/mol. The highest BCUT2D eigenvalue weighted by Gasteiger charge is 2.67. The second-order valence-corrected chi connectivity index (χ2v) is 5.08. The highest BCUT2D eigenvalue weighted by Crippen LogP contribution is 2.60. The van der Waals surface area contributed by atoms with Crippen LogP contribution in [0.15, 0.2) is 24.3 Å². The molecule has 3 atom stereocenters. The van der Waals surface area contributed by atoms with E-state index in [1.54, 1.807) is 0 Å². The molecule has 4 rings (SSSR count). The SMILES string of the molecule is O=C1C[C@@]2(C[C@@H]3c4ccccc4NC(=O)[C@@H]32)O1. The molecule has 4 nitrogen and oxygen atoms in total. The van der Waals surface area contributed by atoms with Crippen LogP contribution in [-0.2, 0) is 14.3 Å². The van der Waals surface area contributed by atoms with Gasteiger partial charge in [-0.15, -0.1) is 0 Å². The standard InChI is InChI=1S/C13H11NO3/c15-10-6-13(17-10)5-8-7-3-1-2-4-9(7)14-12(16)11(8)13/h1-4,8,11H,5-6H2,(H,14,16)/t8-,11-,13-/m1/s1. The average molecular weight is 229 g/mol. The summed E-state index contributed by atoms with van der Waals surface area (Å²) in [5.74, 6) is -0.161.